The fraction of sp³-hybridized carbons (Fsp3) is 0.294. The van der Waals surface area contributed by atoms with Crippen LogP contribution in [-0.2, 0) is 6.42 Å². The molecule has 4 rings (SSSR count). The highest BCUT2D eigenvalue weighted by Crippen LogP contribution is 2.36. The number of hydrogen-bond donors (Lipinski definition) is 2. The summed E-state index contributed by atoms with van der Waals surface area (Å²) in [4.78, 5) is 8.86. The highest BCUT2D eigenvalue weighted by molar-refractivity contribution is 7.18. The van der Waals surface area contributed by atoms with E-state index in [-0.39, 0.29) is 0 Å². The summed E-state index contributed by atoms with van der Waals surface area (Å²) in [5.74, 6) is 0.942. The minimum atomic E-state index is 0.296. The average Bonchev–Trinajstić information content (AvgIpc) is 2.90. The van der Waals surface area contributed by atoms with Gasteiger partial charge in [-0.15, -0.1) is 11.3 Å². The molecule has 3 aromatic rings. The molecule has 112 valence electrons. The number of nitrogens with one attached hydrogen (secondary N) is 1. The van der Waals surface area contributed by atoms with Crippen molar-refractivity contribution in [2.75, 3.05) is 11.1 Å². The summed E-state index contributed by atoms with van der Waals surface area (Å²) >= 11 is 1.71. The van der Waals surface area contributed by atoms with E-state index in [1.165, 1.54) is 23.1 Å². The Kier molecular flexibility index (Phi) is 3.22. The third kappa shape index (κ3) is 2.22. The van der Waals surface area contributed by atoms with E-state index in [0.717, 1.165) is 34.6 Å². The Hall–Kier alpha value is -2.14. The van der Waals surface area contributed by atoms with E-state index in [1.807, 2.05) is 6.07 Å². The summed E-state index contributed by atoms with van der Waals surface area (Å²) < 4.78 is 1.14. The van der Waals surface area contributed by atoms with Crippen LogP contribution in [0, 0.1) is 6.92 Å². The van der Waals surface area contributed by atoms with Crippen LogP contribution in [0.5, 0.6) is 0 Å². The van der Waals surface area contributed by atoms with E-state index in [2.05, 4.69) is 39.7 Å². The van der Waals surface area contributed by atoms with Gasteiger partial charge in [0, 0.05) is 5.69 Å². The van der Waals surface area contributed by atoms with Gasteiger partial charge in [0.25, 0.3) is 0 Å². The van der Waals surface area contributed by atoms with Gasteiger partial charge in [-0.3, -0.25) is 0 Å². The van der Waals surface area contributed by atoms with E-state index >= 15 is 0 Å². The molecule has 5 heteroatoms. The van der Waals surface area contributed by atoms with Crippen molar-refractivity contribution in [2.24, 2.45) is 0 Å². The first-order valence-corrected chi connectivity index (χ1v) is 8.44. The molecule has 0 bridgehead atoms. The smallest absolute Gasteiger partial charge is 0.147 e. The lowest BCUT2D eigenvalue weighted by Crippen LogP contribution is -2.18. The van der Waals surface area contributed by atoms with Crippen molar-refractivity contribution >= 4 is 33.1 Å². The van der Waals surface area contributed by atoms with Gasteiger partial charge in [0.05, 0.1) is 16.3 Å². The van der Waals surface area contributed by atoms with Crippen molar-refractivity contribution in [3.8, 4) is 0 Å². The second kappa shape index (κ2) is 5.25. The second-order valence-corrected chi connectivity index (χ2v) is 6.75. The summed E-state index contributed by atoms with van der Waals surface area (Å²) in [6, 6.07) is 6.54. The molecule has 0 aliphatic heterocycles. The maximum absolute atomic E-state index is 5.92. The Labute approximate surface area is 133 Å². The monoisotopic (exact) mass is 310 g/mol. The number of thiophene rings is 1. The Balaban J connectivity index is 1.72. The first-order chi connectivity index (χ1) is 10.7. The zero-order valence-electron chi connectivity index (χ0n) is 12.5. The lowest BCUT2D eigenvalue weighted by molar-refractivity contribution is 0.599. The molecule has 1 unspecified atom stereocenters. The van der Waals surface area contributed by atoms with Crippen molar-refractivity contribution in [1.29, 1.82) is 0 Å². The SMILES string of the molecule is Cc1csc2c(NC3CCCc4cc(N)ccc43)ncnc12. The van der Waals surface area contributed by atoms with E-state index in [4.69, 9.17) is 5.73 Å². The molecule has 4 nitrogen and oxygen atoms in total. The Morgan fingerprint density at radius 1 is 1.32 bits per heavy atom. The van der Waals surface area contributed by atoms with Crippen LogP contribution in [-0.4, -0.2) is 9.97 Å². The predicted molar refractivity (Wildman–Crippen MR) is 92.3 cm³/mol. The fourth-order valence-electron chi connectivity index (χ4n) is 3.22. The van der Waals surface area contributed by atoms with E-state index in [1.54, 1.807) is 17.7 Å². The molecule has 1 aliphatic rings. The lowest BCUT2D eigenvalue weighted by atomic mass is 9.87. The number of nitrogens with two attached hydrogens (primary N) is 1. The minimum Gasteiger partial charge on any atom is -0.399 e. The molecular weight excluding hydrogens is 292 g/mol. The Morgan fingerprint density at radius 3 is 3.14 bits per heavy atom. The van der Waals surface area contributed by atoms with Crippen LogP contribution in [0.15, 0.2) is 29.9 Å². The summed E-state index contributed by atoms with van der Waals surface area (Å²) in [5, 5.41) is 5.77. The number of aryl methyl sites for hydroxylation is 2. The van der Waals surface area contributed by atoms with Gasteiger partial charge in [-0.25, -0.2) is 9.97 Å². The summed E-state index contributed by atoms with van der Waals surface area (Å²) in [7, 11) is 0. The molecule has 1 aliphatic carbocycles. The number of anilines is 2. The van der Waals surface area contributed by atoms with Gasteiger partial charge in [0.15, 0.2) is 0 Å². The summed E-state index contributed by atoms with van der Waals surface area (Å²) in [6.45, 7) is 2.09. The fourth-order valence-corrected chi connectivity index (χ4v) is 4.18. The normalized spacial score (nSPS) is 17.4. The van der Waals surface area contributed by atoms with Crippen LogP contribution >= 0.6 is 11.3 Å². The molecule has 2 aromatic heterocycles. The van der Waals surface area contributed by atoms with Crippen LogP contribution in [0.4, 0.5) is 11.5 Å². The molecule has 1 atom stereocenters. The van der Waals surface area contributed by atoms with Crippen LogP contribution in [0.3, 0.4) is 0 Å². The number of benzene rings is 1. The van der Waals surface area contributed by atoms with E-state index < -0.39 is 0 Å². The highest BCUT2D eigenvalue weighted by Gasteiger charge is 2.21. The van der Waals surface area contributed by atoms with E-state index in [9.17, 15) is 0 Å². The number of nitrogens with zero attached hydrogens (tertiary/aromatic N) is 2. The quantitative estimate of drug-likeness (QED) is 0.700. The molecule has 22 heavy (non-hydrogen) atoms. The van der Waals surface area contributed by atoms with Crippen LogP contribution in [0.2, 0.25) is 0 Å². The third-order valence-corrected chi connectivity index (χ3v) is 5.42. The number of aromatic nitrogens is 2. The molecule has 3 N–H and O–H groups in total. The Bertz CT molecular complexity index is 840. The van der Waals surface area contributed by atoms with Gasteiger partial charge in [-0.2, -0.15) is 0 Å². The lowest BCUT2D eigenvalue weighted by Gasteiger charge is -2.27. The van der Waals surface area contributed by atoms with Gasteiger partial charge in [0.2, 0.25) is 0 Å². The molecule has 0 fully saturated rings. The number of rotatable bonds is 2. The van der Waals surface area contributed by atoms with Gasteiger partial charge in [0.1, 0.15) is 12.1 Å². The Morgan fingerprint density at radius 2 is 2.23 bits per heavy atom. The molecular formula is C17H18N4S. The standard InChI is InChI=1S/C17H18N4S/c1-10-8-22-16-15(10)19-9-20-17(16)21-14-4-2-3-11-7-12(18)5-6-13(11)14/h5-9,14H,2-4,18H2,1H3,(H,19,20,21). The maximum atomic E-state index is 5.92. The minimum absolute atomic E-state index is 0.296. The number of nitrogen functional groups attached to an aromatic ring is 1. The molecule has 0 amide bonds. The van der Waals surface area contributed by atoms with Crippen LogP contribution in [0.1, 0.15) is 35.6 Å². The number of fused-ring (bicyclic) bond motifs is 2. The van der Waals surface area contributed by atoms with Gasteiger partial charge < -0.3 is 11.1 Å². The van der Waals surface area contributed by atoms with Crippen molar-refractivity contribution in [3.63, 3.8) is 0 Å². The molecule has 0 radical (unpaired) electrons. The van der Waals surface area contributed by atoms with Crippen molar-refractivity contribution in [1.82, 2.24) is 9.97 Å². The van der Waals surface area contributed by atoms with Crippen LogP contribution in [0.25, 0.3) is 10.2 Å². The third-order valence-electron chi connectivity index (χ3n) is 4.32. The first kappa shape index (κ1) is 13.5. The zero-order valence-corrected chi connectivity index (χ0v) is 13.3. The topological polar surface area (TPSA) is 63.8 Å². The molecule has 0 saturated heterocycles. The highest BCUT2D eigenvalue weighted by atomic mass is 32.1. The largest absolute Gasteiger partial charge is 0.399 e. The molecule has 0 saturated carbocycles. The van der Waals surface area contributed by atoms with Crippen molar-refractivity contribution in [3.05, 3.63) is 46.6 Å². The van der Waals surface area contributed by atoms with Gasteiger partial charge in [-0.05, 0) is 60.4 Å². The first-order valence-electron chi connectivity index (χ1n) is 7.56. The zero-order chi connectivity index (χ0) is 15.1. The number of hydrogen-bond acceptors (Lipinski definition) is 5. The average molecular weight is 310 g/mol. The second-order valence-electron chi connectivity index (χ2n) is 5.87. The van der Waals surface area contributed by atoms with Crippen molar-refractivity contribution < 1.29 is 0 Å². The van der Waals surface area contributed by atoms with Gasteiger partial charge >= 0.3 is 0 Å². The van der Waals surface area contributed by atoms with Crippen molar-refractivity contribution in [2.45, 2.75) is 32.2 Å². The summed E-state index contributed by atoms with van der Waals surface area (Å²) in [6.07, 6.45) is 5.05. The maximum Gasteiger partial charge on any atom is 0.147 e. The predicted octanol–water partition coefficient (Wildman–Crippen LogP) is 4.07. The molecule has 2 heterocycles. The van der Waals surface area contributed by atoms with Crippen LogP contribution < -0.4 is 11.1 Å². The van der Waals surface area contributed by atoms with E-state index in [0.29, 0.717) is 6.04 Å². The molecule has 1 aromatic carbocycles. The molecule has 0 spiro atoms. The van der Waals surface area contributed by atoms with Gasteiger partial charge in [-0.1, -0.05) is 6.07 Å². The summed E-state index contributed by atoms with van der Waals surface area (Å²) in [5.41, 5.74) is 11.7.